The second kappa shape index (κ2) is 10.4. The molecule has 1 aromatic carbocycles. The number of nitrogens with zero attached hydrogens (tertiary/aromatic N) is 4. The van der Waals surface area contributed by atoms with Crippen LogP contribution in [-0.2, 0) is 6.54 Å². The van der Waals surface area contributed by atoms with E-state index in [1.165, 1.54) is 50.7 Å². The first-order chi connectivity index (χ1) is 15.5. The summed E-state index contributed by atoms with van der Waals surface area (Å²) in [5, 5.41) is 3.05. The minimum absolute atomic E-state index is 0.183. The fraction of sp³-hybridized carbons (Fsp3) is 0.577. The van der Waals surface area contributed by atoms with Gasteiger partial charge < -0.3 is 10.2 Å². The van der Waals surface area contributed by atoms with E-state index in [1.54, 1.807) is 0 Å². The normalized spacial score (nSPS) is 17.3. The predicted octanol–water partition coefficient (Wildman–Crippen LogP) is 4.90. The first kappa shape index (κ1) is 22.7. The molecule has 32 heavy (non-hydrogen) atoms. The second-order valence-corrected chi connectivity index (χ2v) is 9.71. The summed E-state index contributed by atoms with van der Waals surface area (Å²) < 4.78 is 0. The number of aryl methyl sites for hydroxylation is 1. The number of hydrogen-bond acceptors (Lipinski definition) is 5. The van der Waals surface area contributed by atoms with E-state index >= 15 is 0 Å². The van der Waals surface area contributed by atoms with Crippen molar-refractivity contribution in [2.45, 2.75) is 59.4 Å². The number of hydrogen-bond donors (Lipinski definition) is 1. The molecule has 1 aliphatic heterocycles. The lowest BCUT2D eigenvalue weighted by molar-refractivity contribution is 0.102. The minimum atomic E-state index is -0.183. The number of anilines is 2. The monoisotopic (exact) mass is 435 g/mol. The van der Waals surface area contributed by atoms with Gasteiger partial charge in [-0.25, -0.2) is 9.97 Å². The van der Waals surface area contributed by atoms with Gasteiger partial charge in [-0.3, -0.25) is 9.69 Å². The lowest BCUT2D eigenvalue weighted by atomic mass is 9.98. The molecule has 172 valence electrons. The van der Waals surface area contributed by atoms with E-state index in [4.69, 9.17) is 0 Å². The third-order valence-corrected chi connectivity index (χ3v) is 6.70. The van der Waals surface area contributed by atoms with Gasteiger partial charge >= 0.3 is 0 Å². The van der Waals surface area contributed by atoms with Crippen LogP contribution in [0.25, 0.3) is 0 Å². The van der Waals surface area contributed by atoms with Crippen LogP contribution < -0.4 is 10.2 Å². The second-order valence-electron chi connectivity index (χ2n) is 9.71. The molecule has 0 radical (unpaired) electrons. The fourth-order valence-electron chi connectivity index (χ4n) is 4.45. The van der Waals surface area contributed by atoms with Crippen LogP contribution >= 0.6 is 0 Å². The van der Waals surface area contributed by atoms with E-state index in [9.17, 15) is 4.79 Å². The molecule has 2 heterocycles. The van der Waals surface area contributed by atoms with Crippen molar-refractivity contribution in [2.24, 2.45) is 11.8 Å². The number of piperidine rings is 1. The van der Waals surface area contributed by atoms with Crippen molar-refractivity contribution in [1.29, 1.82) is 0 Å². The number of nitrogens with one attached hydrogen (secondary N) is 1. The van der Waals surface area contributed by atoms with E-state index in [1.807, 2.05) is 12.1 Å². The molecule has 1 saturated heterocycles. The molecule has 0 unspecified atom stereocenters. The van der Waals surface area contributed by atoms with Crippen LogP contribution in [0.3, 0.4) is 0 Å². The molecular weight excluding hydrogens is 398 g/mol. The van der Waals surface area contributed by atoms with Gasteiger partial charge in [0, 0.05) is 31.4 Å². The Bertz CT molecular complexity index is 918. The van der Waals surface area contributed by atoms with Crippen molar-refractivity contribution in [3.63, 3.8) is 0 Å². The molecule has 0 atom stereocenters. The van der Waals surface area contributed by atoms with Crippen molar-refractivity contribution < 1.29 is 4.79 Å². The minimum Gasteiger partial charge on any atom is -0.356 e. The molecule has 6 nitrogen and oxygen atoms in total. The van der Waals surface area contributed by atoms with Gasteiger partial charge in [-0.1, -0.05) is 26.0 Å². The number of carbonyl (C=O) groups is 1. The summed E-state index contributed by atoms with van der Waals surface area (Å²) in [5.74, 6) is 2.28. The Hall–Kier alpha value is -2.47. The van der Waals surface area contributed by atoms with Gasteiger partial charge in [0.1, 0.15) is 17.8 Å². The van der Waals surface area contributed by atoms with Crippen LogP contribution in [0.15, 0.2) is 30.6 Å². The van der Waals surface area contributed by atoms with Crippen LogP contribution in [-0.4, -0.2) is 47.0 Å². The molecule has 1 N–H and O–H groups in total. The molecule has 1 aromatic heterocycles. The Kier molecular flexibility index (Phi) is 7.40. The van der Waals surface area contributed by atoms with Crippen molar-refractivity contribution in [3.8, 4) is 0 Å². The summed E-state index contributed by atoms with van der Waals surface area (Å²) >= 11 is 0. The highest BCUT2D eigenvalue weighted by Crippen LogP contribution is 2.31. The average Bonchev–Trinajstić information content (AvgIpc) is 3.61. The summed E-state index contributed by atoms with van der Waals surface area (Å²) in [5.41, 5.74) is 3.64. The first-order valence-corrected chi connectivity index (χ1v) is 12.2. The van der Waals surface area contributed by atoms with Gasteiger partial charge in [0.2, 0.25) is 0 Å². The molecule has 4 rings (SSSR count). The predicted molar refractivity (Wildman–Crippen MR) is 130 cm³/mol. The highest BCUT2D eigenvalue weighted by Gasteiger charge is 2.25. The van der Waals surface area contributed by atoms with Crippen molar-refractivity contribution in [2.75, 3.05) is 36.4 Å². The maximum absolute atomic E-state index is 12.9. The van der Waals surface area contributed by atoms with E-state index in [-0.39, 0.29) is 5.91 Å². The third-order valence-electron chi connectivity index (χ3n) is 6.70. The molecule has 1 saturated carbocycles. The van der Waals surface area contributed by atoms with Crippen molar-refractivity contribution in [1.82, 2.24) is 14.9 Å². The zero-order chi connectivity index (χ0) is 22.5. The third kappa shape index (κ3) is 6.06. The molecule has 2 fully saturated rings. The lowest BCUT2D eigenvalue weighted by Gasteiger charge is -2.30. The Labute approximate surface area is 192 Å². The van der Waals surface area contributed by atoms with Gasteiger partial charge in [0.25, 0.3) is 5.91 Å². The SMILES string of the molecule is CCCN(CC1CC1)c1cc(C(=O)Nc2ccc(CN3CCC(C)CC3)cc2C)ncn1. The Balaban J connectivity index is 1.40. The Morgan fingerprint density at radius 1 is 1.16 bits per heavy atom. The number of rotatable bonds is 9. The smallest absolute Gasteiger partial charge is 0.274 e. The van der Waals surface area contributed by atoms with Crippen LogP contribution in [0, 0.1) is 18.8 Å². The number of likely N-dealkylation sites (tertiary alicyclic amines) is 1. The fourth-order valence-corrected chi connectivity index (χ4v) is 4.45. The van der Waals surface area contributed by atoms with Gasteiger partial charge in [0.05, 0.1) is 0 Å². The summed E-state index contributed by atoms with van der Waals surface area (Å²) in [6.07, 6.45) is 7.72. The van der Waals surface area contributed by atoms with Crippen LogP contribution in [0.2, 0.25) is 0 Å². The number of benzene rings is 1. The Morgan fingerprint density at radius 2 is 1.94 bits per heavy atom. The maximum Gasteiger partial charge on any atom is 0.274 e. The van der Waals surface area contributed by atoms with Crippen LogP contribution in [0.5, 0.6) is 0 Å². The summed E-state index contributed by atoms with van der Waals surface area (Å²) in [6, 6.07) is 8.17. The topological polar surface area (TPSA) is 61.4 Å². The molecule has 2 aromatic rings. The zero-order valence-electron chi connectivity index (χ0n) is 19.8. The van der Waals surface area contributed by atoms with E-state index in [2.05, 4.69) is 58.0 Å². The van der Waals surface area contributed by atoms with Gasteiger partial charge in [-0.2, -0.15) is 0 Å². The largest absolute Gasteiger partial charge is 0.356 e. The number of carbonyl (C=O) groups excluding carboxylic acids is 1. The van der Waals surface area contributed by atoms with E-state index in [0.717, 1.165) is 55.0 Å². The van der Waals surface area contributed by atoms with E-state index < -0.39 is 0 Å². The molecule has 2 aliphatic rings. The molecule has 0 bridgehead atoms. The number of amides is 1. The maximum atomic E-state index is 12.9. The standard InChI is InChI=1S/C26H37N5O/c1-4-11-31(17-21-5-6-21)25-15-24(27-18-28-25)26(32)29-23-8-7-22(14-20(23)3)16-30-12-9-19(2)10-13-30/h7-8,14-15,18-19,21H,4-6,9-13,16-17H2,1-3H3,(H,29,32). The molecule has 0 spiro atoms. The molecule has 1 amide bonds. The first-order valence-electron chi connectivity index (χ1n) is 12.2. The number of aromatic nitrogens is 2. The van der Waals surface area contributed by atoms with Gasteiger partial charge in [0.15, 0.2) is 0 Å². The van der Waals surface area contributed by atoms with Crippen molar-refractivity contribution >= 4 is 17.4 Å². The molecule has 6 heteroatoms. The molecular formula is C26H37N5O. The zero-order valence-corrected chi connectivity index (χ0v) is 19.8. The summed E-state index contributed by atoms with van der Waals surface area (Å²) in [6.45, 7) is 11.9. The average molecular weight is 436 g/mol. The lowest BCUT2D eigenvalue weighted by Crippen LogP contribution is -2.32. The van der Waals surface area contributed by atoms with Gasteiger partial charge in [-0.15, -0.1) is 0 Å². The summed E-state index contributed by atoms with van der Waals surface area (Å²) in [7, 11) is 0. The summed E-state index contributed by atoms with van der Waals surface area (Å²) in [4.78, 5) is 26.4. The highest BCUT2D eigenvalue weighted by molar-refractivity contribution is 6.03. The van der Waals surface area contributed by atoms with Crippen LogP contribution in [0.1, 0.15) is 67.6 Å². The quantitative estimate of drug-likeness (QED) is 0.607. The van der Waals surface area contributed by atoms with Crippen molar-refractivity contribution in [3.05, 3.63) is 47.4 Å². The van der Waals surface area contributed by atoms with E-state index in [0.29, 0.717) is 5.69 Å². The van der Waals surface area contributed by atoms with Crippen LogP contribution in [0.4, 0.5) is 11.5 Å². The highest BCUT2D eigenvalue weighted by atomic mass is 16.1. The molecule has 1 aliphatic carbocycles. The van der Waals surface area contributed by atoms with Gasteiger partial charge in [-0.05, 0) is 81.1 Å². The Morgan fingerprint density at radius 3 is 2.62 bits per heavy atom.